The predicted molar refractivity (Wildman–Crippen MR) is 380 cm³/mol. The van der Waals surface area contributed by atoms with Crippen molar-refractivity contribution in [3.63, 3.8) is 0 Å². The van der Waals surface area contributed by atoms with Crippen LogP contribution in [0.1, 0.15) is 117 Å². The number of hydrogen-bond donors (Lipinski definition) is 0. The maximum Gasteiger partial charge on any atom is 0.227 e. The zero-order valence-corrected chi connectivity index (χ0v) is 56.2. The minimum absolute atomic E-state index is 0. The summed E-state index contributed by atoms with van der Waals surface area (Å²) in [6, 6.07) is 69.4. The fourth-order valence-electron chi connectivity index (χ4n) is 7.85. The lowest BCUT2D eigenvalue weighted by molar-refractivity contribution is -0.683. The van der Waals surface area contributed by atoms with Gasteiger partial charge in [-0.25, -0.2) is 18.3 Å². The van der Waals surface area contributed by atoms with Crippen molar-refractivity contribution in [1.82, 2.24) is 0 Å². The highest BCUT2D eigenvalue weighted by atomic mass is 16.1. The molecule has 0 amide bonds. The largest absolute Gasteiger partial charge is 0.294 e. The van der Waals surface area contributed by atoms with Crippen molar-refractivity contribution in [2.45, 2.75) is 117 Å². The molecule has 0 atom stereocenters. The van der Waals surface area contributed by atoms with Crippen LogP contribution in [-0.4, -0.2) is 11.6 Å². The van der Waals surface area contributed by atoms with Gasteiger partial charge in [0.25, 0.3) is 0 Å². The third-order valence-corrected chi connectivity index (χ3v) is 13.4. The second kappa shape index (κ2) is 45.6. The molecule has 0 aliphatic carbocycles. The van der Waals surface area contributed by atoms with Gasteiger partial charge in [0.2, 0.25) is 18.0 Å². The minimum atomic E-state index is 0. The number of rotatable bonds is 7. The molecule has 8 heteroatoms. The molecule has 11 rings (SSSR count). The number of hydrogen-bond acceptors (Lipinski definition) is 2. The van der Waals surface area contributed by atoms with E-state index in [9.17, 15) is 9.59 Å². The van der Waals surface area contributed by atoms with Crippen molar-refractivity contribution < 1.29 is 37.0 Å². The second-order valence-corrected chi connectivity index (χ2v) is 22.3. The molecule has 0 saturated heterocycles. The fourth-order valence-corrected chi connectivity index (χ4v) is 7.85. The lowest BCUT2D eigenvalue weighted by Gasteiger charge is -1.98. The van der Waals surface area contributed by atoms with Crippen molar-refractivity contribution in [2.75, 3.05) is 0 Å². The molecule has 0 N–H and O–H groups in total. The average molecular weight is 1220 g/mol. The van der Waals surface area contributed by atoms with Crippen molar-refractivity contribution in [3.05, 3.63) is 353 Å². The first-order valence-electron chi connectivity index (χ1n) is 30.6. The van der Waals surface area contributed by atoms with E-state index < -0.39 is 0 Å². The van der Waals surface area contributed by atoms with Gasteiger partial charge in [0.15, 0.2) is 80.1 Å². The zero-order valence-electron chi connectivity index (χ0n) is 56.2. The van der Waals surface area contributed by atoms with Crippen molar-refractivity contribution in [2.24, 2.45) is 28.2 Å². The number of carbonyl (C=O) groups is 2. The summed E-state index contributed by atoms with van der Waals surface area (Å²) in [5.41, 5.74) is 17.1. The van der Waals surface area contributed by atoms with Gasteiger partial charge in [-0.3, -0.25) is 9.59 Å². The number of aryl methyl sites for hydroxylation is 15. The van der Waals surface area contributed by atoms with Gasteiger partial charge in [0.05, 0.1) is 0 Å². The van der Waals surface area contributed by atoms with Gasteiger partial charge in [-0.2, -0.15) is 9.13 Å². The summed E-state index contributed by atoms with van der Waals surface area (Å²) in [5.74, 6) is 0.348. The molecule has 8 nitrogen and oxygen atoms in total. The molecule has 0 fully saturated rings. The third-order valence-electron chi connectivity index (χ3n) is 13.4. The van der Waals surface area contributed by atoms with Gasteiger partial charge >= 0.3 is 0 Å². The Bertz CT molecular complexity index is 3420. The number of carbonyl (C=O) groups excluding carboxylic acids is 2. The van der Waals surface area contributed by atoms with E-state index in [0.29, 0.717) is 13.0 Å². The Labute approximate surface area is 549 Å². The fraction of sp³-hybridized carbons (Fsp3) is 0.253. The number of nitrogens with zero attached hydrogens (tertiary/aromatic N) is 6. The van der Waals surface area contributed by atoms with Crippen LogP contribution in [-0.2, 0) is 41.2 Å². The molecule has 91 heavy (non-hydrogen) atoms. The van der Waals surface area contributed by atoms with Gasteiger partial charge in [-0.1, -0.05) is 183 Å². The molecule has 0 spiro atoms. The molecule has 0 aliphatic heterocycles. The Morgan fingerprint density at radius 2 is 0.604 bits per heavy atom. The number of ketones is 2. The van der Waals surface area contributed by atoms with Gasteiger partial charge in [-0.15, -0.1) is 0 Å². The van der Waals surface area contributed by atoms with Gasteiger partial charge < -0.3 is 0 Å². The van der Waals surface area contributed by atoms with E-state index in [-0.39, 0.29) is 26.4 Å². The zero-order chi connectivity index (χ0) is 65.3. The second-order valence-electron chi connectivity index (χ2n) is 22.3. The topological polar surface area (TPSA) is 57.4 Å². The van der Waals surface area contributed by atoms with E-state index in [0.717, 1.165) is 17.5 Å². The van der Waals surface area contributed by atoms with Crippen molar-refractivity contribution in [1.29, 1.82) is 0 Å². The molecule has 6 heterocycles. The van der Waals surface area contributed by atoms with Crippen LogP contribution in [0.5, 0.6) is 0 Å². The molecular weight excluding hydrogens is 1110 g/mol. The first-order chi connectivity index (χ1) is 42.6. The summed E-state index contributed by atoms with van der Waals surface area (Å²) in [6.45, 7) is 25.2. The van der Waals surface area contributed by atoms with Crippen molar-refractivity contribution in [3.8, 4) is 5.69 Å². The Balaban J connectivity index is 0.000000517. The SMILES string of the molecule is C.C.CCC(=O)c1ccc(C)cc1.CCc1ccc(C)cc1.Cc1cc[n+](C)cc1.Cc1cc[n+](C)cc1.Cc1ccc(-[n+]2ccccc2)cc1.Cc1ccc(C(=O)C[n+]2ccccc2)cc1.Cc1ccc(C)cc1.Cc1ccc[n+](C)c1.Cc1ccc[n+](C)c1. The van der Waals surface area contributed by atoms with E-state index in [1.54, 1.807) is 0 Å². The van der Waals surface area contributed by atoms with Crippen LogP contribution < -0.4 is 27.4 Å². The molecule has 5 aromatic carbocycles. The first-order valence-corrected chi connectivity index (χ1v) is 30.6. The molecule has 0 bridgehead atoms. The predicted octanol–water partition coefficient (Wildman–Crippen LogP) is 16.4. The standard InChI is InChI=1S/C14H14NO.C12H12N.C10H12O.C9H12.C8H10.4C7H10N.2CH4/c1-12-5-7-13(8-6-12)14(16)11-15-9-3-2-4-10-15;1-11-5-7-12(8-6-11)13-9-3-2-4-10-13;1-3-10(11)9-6-4-8(2)5-7-9;1-3-9-6-4-8(2)5-7-9;3*1-7-3-5-8(2)6-4-7;2*1-7-4-3-5-8(2)6-7;;/h2-10H,11H2,1H3;2-10H,1H3;4-7H,3H2,1-2H3;4-7H,3H2,1-2H3;5*3-6H,1-2H3;2*1H4/q2*+1;;;;4*+1;;. The highest BCUT2D eigenvalue weighted by Crippen LogP contribution is 2.07. The van der Waals surface area contributed by atoms with E-state index >= 15 is 0 Å². The van der Waals surface area contributed by atoms with E-state index in [1.807, 2.05) is 231 Å². The highest BCUT2D eigenvalue weighted by Gasteiger charge is 2.11. The molecule has 11 aromatic rings. The third kappa shape index (κ3) is 36.4. The van der Waals surface area contributed by atoms with Crippen LogP contribution in [0, 0.1) is 69.2 Å². The Morgan fingerprint density at radius 1 is 0.297 bits per heavy atom. The van der Waals surface area contributed by atoms with E-state index in [1.165, 1.54) is 66.9 Å². The molecular formula is C83H108N6O2+6. The van der Waals surface area contributed by atoms with Crippen LogP contribution in [0.25, 0.3) is 5.69 Å². The summed E-state index contributed by atoms with van der Waals surface area (Å²) in [5, 5.41) is 0. The average Bonchev–Trinajstić information content (AvgIpc) is 2.70. The van der Waals surface area contributed by atoms with Crippen LogP contribution in [0.3, 0.4) is 0 Å². The Hall–Kier alpha value is -9.66. The Morgan fingerprint density at radius 3 is 0.912 bits per heavy atom. The lowest BCUT2D eigenvalue weighted by Crippen LogP contribution is -2.36. The summed E-state index contributed by atoms with van der Waals surface area (Å²) < 4.78 is 12.1. The van der Waals surface area contributed by atoms with Gasteiger partial charge in [0.1, 0.15) is 28.2 Å². The molecule has 0 saturated carbocycles. The summed E-state index contributed by atoms with van der Waals surface area (Å²) >= 11 is 0. The van der Waals surface area contributed by atoms with Crippen LogP contribution in [0.15, 0.2) is 281 Å². The number of aromatic nitrogens is 6. The molecule has 476 valence electrons. The molecule has 0 unspecified atom stereocenters. The molecule has 0 radical (unpaired) electrons. The van der Waals surface area contributed by atoms with Gasteiger partial charge in [0, 0.05) is 101 Å². The highest BCUT2D eigenvalue weighted by molar-refractivity contribution is 5.96. The molecule has 6 aromatic heterocycles. The lowest BCUT2D eigenvalue weighted by atomic mass is 10.1. The smallest absolute Gasteiger partial charge is 0.227 e. The normalized spacial score (nSPS) is 9.36. The minimum Gasteiger partial charge on any atom is -0.294 e. The van der Waals surface area contributed by atoms with Crippen LogP contribution >= 0.6 is 0 Å². The monoisotopic (exact) mass is 1220 g/mol. The van der Waals surface area contributed by atoms with E-state index in [2.05, 4.69) is 188 Å². The van der Waals surface area contributed by atoms with Crippen molar-refractivity contribution >= 4 is 11.6 Å². The quantitative estimate of drug-likeness (QED) is 0.118. The number of Topliss-reactive ketones (excluding diaryl/α,β-unsaturated/α-hetero) is 2. The number of pyridine rings is 6. The summed E-state index contributed by atoms with van der Waals surface area (Å²) in [7, 11) is 8.07. The van der Waals surface area contributed by atoms with E-state index in [4.69, 9.17) is 0 Å². The summed E-state index contributed by atoms with van der Waals surface area (Å²) in [4.78, 5) is 23.0. The maximum atomic E-state index is 11.9. The van der Waals surface area contributed by atoms with Crippen LogP contribution in [0.2, 0.25) is 0 Å². The van der Waals surface area contributed by atoms with Crippen LogP contribution in [0.4, 0.5) is 0 Å². The maximum absolute atomic E-state index is 11.9. The number of benzene rings is 5. The first kappa shape index (κ1) is 79.4. The Kier molecular flexibility index (Phi) is 39.7. The summed E-state index contributed by atoms with van der Waals surface area (Å²) in [6.07, 6.45) is 26.0. The van der Waals surface area contributed by atoms with Gasteiger partial charge in [-0.05, 0) is 104 Å². The molecule has 0 aliphatic rings.